The van der Waals surface area contributed by atoms with Crippen molar-refractivity contribution >= 4 is 17.3 Å². The molecule has 0 aliphatic heterocycles. The number of rotatable bonds is 5. The summed E-state index contributed by atoms with van der Waals surface area (Å²) in [7, 11) is 1.67. The summed E-state index contributed by atoms with van der Waals surface area (Å²) in [5, 5.41) is 3.37. The van der Waals surface area contributed by atoms with Crippen LogP contribution in [0.3, 0.4) is 0 Å². The highest BCUT2D eigenvalue weighted by Crippen LogP contribution is 2.15. The average molecular weight is 262 g/mol. The van der Waals surface area contributed by atoms with Crippen LogP contribution in [0.4, 0.5) is 5.69 Å². The lowest BCUT2D eigenvalue weighted by Gasteiger charge is -2.08. The first kappa shape index (κ1) is 12.8. The number of hydrogen-bond acceptors (Lipinski definition) is 2. The third kappa shape index (κ3) is 3.41. The van der Waals surface area contributed by atoms with Crippen molar-refractivity contribution in [1.29, 1.82) is 0 Å². The van der Waals surface area contributed by atoms with Crippen LogP contribution in [0.2, 0.25) is 0 Å². The van der Waals surface area contributed by atoms with Gasteiger partial charge in [-0.2, -0.15) is 0 Å². The summed E-state index contributed by atoms with van der Waals surface area (Å²) in [6.07, 6.45) is 0. The first-order valence-corrected chi connectivity index (χ1v) is 6.37. The van der Waals surface area contributed by atoms with Crippen molar-refractivity contribution in [2.45, 2.75) is 12.4 Å². The van der Waals surface area contributed by atoms with E-state index in [2.05, 4.69) is 23.5 Å². The van der Waals surface area contributed by atoms with Crippen molar-refractivity contribution in [3.8, 4) is 5.75 Å². The molecule has 0 aromatic heterocycles. The van der Waals surface area contributed by atoms with Crippen LogP contribution in [0.5, 0.6) is 5.75 Å². The van der Waals surface area contributed by atoms with Crippen molar-refractivity contribution in [3.63, 3.8) is 0 Å². The van der Waals surface area contributed by atoms with Crippen LogP contribution in [0.1, 0.15) is 11.1 Å². The molecule has 18 heavy (non-hydrogen) atoms. The standard InChI is InChI=1S/C15H16ClNO/c1-18-15-7-5-12(6-8-15)11-17-14-4-2-3-13(9-14)10-16/h2-9,17H,10-11H2,1H3. The van der Waals surface area contributed by atoms with Crippen LogP contribution < -0.4 is 10.1 Å². The van der Waals surface area contributed by atoms with Gasteiger partial charge in [-0.1, -0.05) is 24.3 Å². The summed E-state index contributed by atoms with van der Waals surface area (Å²) >= 11 is 5.81. The maximum Gasteiger partial charge on any atom is 0.118 e. The number of benzene rings is 2. The Morgan fingerprint density at radius 3 is 2.50 bits per heavy atom. The number of methoxy groups -OCH3 is 1. The normalized spacial score (nSPS) is 10.1. The van der Waals surface area contributed by atoms with Gasteiger partial charge in [0.05, 0.1) is 7.11 Å². The van der Waals surface area contributed by atoms with Gasteiger partial charge in [-0.15, -0.1) is 11.6 Å². The van der Waals surface area contributed by atoms with E-state index in [-0.39, 0.29) is 0 Å². The average Bonchev–Trinajstić information content (AvgIpc) is 2.46. The molecule has 0 heterocycles. The van der Waals surface area contributed by atoms with Crippen molar-refractivity contribution in [1.82, 2.24) is 0 Å². The van der Waals surface area contributed by atoms with E-state index >= 15 is 0 Å². The molecular formula is C15H16ClNO. The summed E-state index contributed by atoms with van der Waals surface area (Å²) in [5.74, 6) is 1.42. The molecule has 0 saturated carbocycles. The van der Waals surface area contributed by atoms with E-state index in [4.69, 9.17) is 16.3 Å². The molecule has 0 saturated heterocycles. The van der Waals surface area contributed by atoms with Gasteiger partial charge in [0.25, 0.3) is 0 Å². The highest BCUT2D eigenvalue weighted by Gasteiger charge is 1.97. The molecule has 94 valence electrons. The monoisotopic (exact) mass is 261 g/mol. The smallest absolute Gasteiger partial charge is 0.118 e. The van der Waals surface area contributed by atoms with Crippen molar-refractivity contribution < 1.29 is 4.74 Å². The van der Waals surface area contributed by atoms with Gasteiger partial charge in [-0.25, -0.2) is 0 Å². The second kappa shape index (κ2) is 6.31. The minimum Gasteiger partial charge on any atom is -0.497 e. The lowest BCUT2D eigenvalue weighted by Crippen LogP contribution is -1.99. The third-order valence-corrected chi connectivity index (χ3v) is 3.05. The van der Waals surface area contributed by atoms with Gasteiger partial charge in [0.1, 0.15) is 5.75 Å². The fourth-order valence-electron chi connectivity index (χ4n) is 1.71. The molecule has 3 heteroatoms. The van der Waals surface area contributed by atoms with E-state index in [9.17, 15) is 0 Å². The van der Waals surface area contributed by atoms with Gasteiger partial charge in [-0.3, -0.25) is 0 Å². The molecule has 0 aliphatic carbocycles. The Morgan fingerprint density at radius 1 is 1.06 bits per heavy atom. The fourth-order valence-corrected chi connectivity index (χ4v) is 1.88. The second-order valence-corrected chi connectivity index (χ2v) is 4.30. The van der Waals surface area contributed by atoms with Crippen LogP contribution >= 0.6 is 11.6 Å². The predicted molar refractivity (Wildman–Crippen MR) is 76.3 cm³/mol. The topological polar surface area (TPSA) is 21.3 Å². The molecule has 0 aliphatic rings. The molecule has 2 nitrogen and oxygen atoms in total. The number of nitrogens with one attached hydrogen (secondary N) is 1. The Hall–Kier alpha value is -1.67. The van der Waals surface area contributed by atoms with Gasteiger partial charge < -0.3 is 10.1 Å². The molecule has 0 spiro atoms. The summed E-state index contributed by atoms with van der Waals surface area (Å²) in [6.45, 7) is 0.787. The van der Waals surface area contributed by atoms with Crippen molar-refractivity contribution in [3.05, 3.63) is 59.7 Å². The molecular weight excluding hydrogens is 246 g/mol. The van der Waals surface area contributed by atoms with Crippen LogP contribution in [0, 0.1) is 0 Å². The SMILES string of the molecule is COc1ccc(CNc2cccc(CCl)c2)cc1. The number of anilines is 1. The number of hydrogen-bond donors (Lipinski definition) is 1. The first-order valence-electron chi connectivity index (χ1n) is 5.83. The largest absolute Gasteiger partial charge is 0.497 e. The third-order valence-electron chi connectivity index (χ3n) is 2.74. The molecule has 0 bridgehead atoms. The fraction of sp³-hybridized carbons (Fsp3) is 0.200. The summed E-state index contributed by atoms with van der Waals surface area (Å²) < 4.78 is 5.13. The van der Waals surface area contributed by atoms with E-state index in [1.807, 2.05) is 30.3 Å². The van der Waals surface area contributed by atoms with Crippen molar-refractivity contribution in [2.24, 2.45) is 0 Å². The summed E-state index contributed by atoms with van der Waals surface area (Å²) in [4.78, 5) is 0. The van der Waals surface area contributed by atoms with Crippen LogP contribution in [0.25, 0.3) is 0 Å². The quantitative estimate of drug-likeness (QED) is 0.820. The van der Waals surface area contributed by atoms with Gasteiger partial charge in [0, 0.05) is 18.1 Å². The highest BCUT2D eigenvalue weighted by atomic mass is 35.5. The van der Waals surface area contributed by atoms with Crippen LogP contribution in [-0.4, -0.2) is 7.11 Å². The predicted octanol–water partition coefficient (Wildman–Crippen LogP) is 4.05. The Kier molecular flexibility index (Phi) is 4.48. The Labute approximate surface area is 113 Å². The van der Waals surface area contributed by atoms with E-state index < -0.39 is 0 Å². The lowest BCUT2D eigenvalue weighted by molar-refractivity contribution is 0.414. The Bertz CT molecular complexity index is 496. The molecule has 0 radical (unpaired) electrons. The Morgan fingerprint density at radius 2 is 1.83 bits per heavy atom. The van der Waals surface area contributed by atoms with Gasteiger partial charge in [-0.05, 0) is 35.4 Å². The van der Waals surface area contributed by atoms with Gasteiger partial charge >= 0.3 is 0 Å². The number of ether oxygens (including phenoxy) is 1. The number of halogens is 1. The highest BCUT2D eigenvalue weighted by molar-refractivity contribution is 6.17. The minimum absolute atomic E-state index is 0.540. The Balaban J connectivity index is 1.97. The zero-order chi connectivity index (χ0) is 12.8. The summed E-state index contributed by atoms with van der Waals surface area (Å²) in [5.41, 5.74) is 3.42. The van der Waals surface area contributed by atoms with E-state index in [1.165, 1.54) is 5.56 Å². The molecule has 0 fully saturated rings. The van der Waals surface area contributed by atoms with E-state index in [0.717, 1.165) is 23.5 Å². The zero-order valence-corrected chi connectivity index (χ0v) is 11.1. The molecule has 2 aromatic rings. The van der Waals surface area contributed by atoms with Gasteiger partial charge in [0.15, 0.2) is 0 Å². The van der Waals surface area contributed by atoms with Crippen LogP contribution in [0.15, 0.2) is 48.5 Å². The molecule has 0 amide bonds. The summed E-state index contributed by atoms with van der Waals surface area (Å²) in [6, 6.07) is 16.2. The molecule has 2 aromatic carbocycles. The molecule has 1 N–H and O–H groups in total. The first-order chi connectivity index (χ1) is 8.81. The molecule has 2 rings (SSSR count). The minimum atomic E-state index is 0.540. The van der Waals surface area contributed by atoms with E-state index in [0.29, 0.717) is 5.88 Å². The molecule has 0 atom stereocenters. The lowest BCUT2D eigenvalue weighted by atomic mass is 10.2. The zero-order valence-electron chi connectivity index (χ0n) is 10.3. The van der Waals surface area contributed by atoms with Crippen molar-refractivity contribution in [2.75, 3.05) is 12.4 Å². The van der Waals surface area contributed by atoms with Crippen LogP contribution in [-0.2, 0) is 12.4 Å². The maximum atomic E-state index is 5.81. The maximum absolute atomic E-state index is 5.81. The van der Waals surface area contributed by atoms with Gasteiger partial charge in [0.2, 0.25) is 0 Å². The number of alkyl halides is 1. The molecule has 0 unspecified atom stereocenters. The second-order valence-electron chi connectivity index (χ2n) is 4.04. The van der Waals surface area contributed by atoms with E-state index in [1.54, 1.807) is 7.11 Å².